The van der Waals surface area contributed by atoms with Crippen LogP contribution in [0.1, 0.15) is 40.9 Å². The summed E-state index contributed by atoms with van der Waals surface area (Å²) in [6.07, 6.45) is 3.12. The van der Waals surface area contributed by atoms with Gasteiger partial charge in [-0.15, -0.1) is 11.3 Å². The highest BCUT2D eigenvalue weighted by Crippen LogP contribution is 2.46. The van der Waals surface area contributed by atoms with E-state index < -0.39 is 5.91 Å². The molecule has 3 heterocycles. The Morgan fingerprint density at radius 2 is 2.00 bits per heavy atom. The van der Waals surface area contributed by atoms with Gasteiger partial charge in [-0.3, -0.25) is 4.79 Å². The summed E-state index contributed by atoms with van der Waals surface area (Å²) in [6, 6.07) is 2.52. The molecule has 6 nitrogen and oxygen atoms in total. The van der Waals surface area contributed by atoms with E-state index in [9.17, 15) is 15.2 Å². The Kier molecular flexibility index (Phi) is 3.07. The minimum absolute atomic E-state index is 0.186. The zero-order valence-electron chi connectivity index (χ0n) is 10.9. The number of carbonyl (C=O) groups excluding carboxylic acids is 1. The highest BCUT2D eigenvalue weighted by atomic mass is 32.1. The molecule has 2 aliphatic rings. The minimum Gasteiger partial charge on any atom is -0.396 e. The van der Waals surface area contributed by atoms with Gasteiger partial charge in [0.15, 0.2) is 0 Å². The van der Waals surface area contributed by atoms with Gasteiger partial charge in [-0.25, -0.2) is 0 Å². The number of nitrogen functional groups attached to an aromatic ring is 1. The zero-order chi connectivity index (χ0) is 14.4. The lowest BCUT2D eigenvalue weighted by molar-refractivity contribution is 0.100. The third-order valence-electron chi connectivity index (χ3n) is 4.20. The fourth-order valence-electron chi connectivity index (χ4n) is 3.38. The normalized spacial score (nSPS) is 28.4. The topological polar surface area (TPSA) is 116 Å². The number of aliphatic hydroxyl groups is 1. The number of nitrogens with zero attached hydrogens (tertiary/aromatic N) is 2. The predicted octanol–water partition coefficient (Wildman–Crippen LogP) is 0.793. The quantitative estimate of drug-likeness (QED) is 0.745. The number of primary amides is 1. The molecule has 0 aliphatic carbocycles. The third-order valence-corrected chi connectivity index (χ3v) is 5.44. The van der Waals surface area contributed by atoms with Gasteiger partial charge in [-0.2, -0.15) is 5.26 Å². The molecule has 5 N–H and O–H groups in total. The van der Waals surface area contributed by atoms with Gasteiger partial charge in [-0.1, -0.05) is 0 Å². The number of amides is 1. The second-order valence-electron chi connectivity index (χ2n) is 5.42. The van der Waals surface area contributed by atoms with Crippen molar-refractivity contribution in [3.8, 4) is 6.07 Å². The highest BCUT2D eigenvalue weighted by Gasteiger charge is 2.42. The van der Waals surface area contributed by atoms with Crippen LogP contribution < -0.4 is 16.4 Å². The van der Waals surface area contributed by atoms with E-state index in [1.165, 1.54) is 11.3 Å². The fraction of sp³-hybridized carbons (Fsp3) is 0.538. The van der Waals surface area contributed by atoms with Gasteiger partial charge in [-0.05, 0) is 25.7 Å². The van der Waals surface area contributed by atoms with Crippen molar-refractivity contribution in [1.82, 2.24) is 0 Å². The maximum atomic E-state index is 11.4. The van der Waals surface area contributed by atoms with Crippen molar-refractivity contribution in [1.29, 1.82) is 5.26 Å². The fourth-order valence-corrected chi connectivity index (χ4v) is 4.55. The SMILES string of the molecule is N#Cc1c(N2C3CCC2CC(O)C3)sc(C(N)=O)c1N. The van der Waals surface area contributed by atoms with Crippen LogP contribution in [0.3, 0.4) is 0 Å². The Hall–Kier alpha value is -1.78. The Bertz CT molecular complexity index is 592. The molecule has 1 aromatic rings. The lowest BCUT2D eigenvalue weighted by Gasteiger charge is -2.38. The average Bonchev–Trinajstić information content (AvgIpc) is 2.84. The number of anilines is 2. The van der Waals surface area contributed by atoms with Gasteiger partial charge in [0.2, 0.25) is 0 Å². The number of hydrogen-bond donors (Lipinski definition) is 3. The van der Waals surface area contributed by atoms with Crippen molar-refractivity contribution < 1.29 is 9.90 Å². The average molecular weight is 292 g/mol. The van der Waals surface area contributed by atoms with Gasteiger partial charge in [0.1, 0.15) is 21.5 Å². The molecule has 1 aromatic heterocycles. The van der Waals surface area contributed by atoms with Crippen LogP contribution >= 0.6 is 11.3 Å². The molecular formula is C13H16N4O2S. The molecule has 20 heavy (non-hydrogen) atoms. The van der Waals surface area contributed by atoms with Crippen LogP contribution in [0.2, 0.25) is 0 Å². The summed E-state index contributed by atoms with van der Waals surface area (Å²) in [5, 5.41) is 19.9. The molecule has 2 bridgehead atoms. The van der Waals surface area contributed by atoms with Crippen LogP contribution in [0.25, 0.3) is 0 Å². The van der Waals surface area contributed by atoms with E-state index in [2.05, 4.69) is 11.0 Å². The van der Waals surface area contributed by atoms with E-state index in [0.29, 0.717) is 18.4 Å². The van der Waals surface area contributed by atoms with Gasteiger partial charge in [0.25, 0.3) is 5.91 Å². The summed E-state index contributed by atoms with van der Waals surface area (Å²) >= 11 is 1.20. The second kappa shape index (κ2) is 4.65. The monoisotopic (exact) mass is 292 g/mol. The molecule has 0 spiro atoms. The lowest BCUT2D eigenvalue weighted by atomic mass is 10.00. The summed E-state index contributed by atoms with van der Waals surface area (Å²) in [5.74, 6) is -0.598. The molecule has 2 fully saturated rings. The van der Waals surface area contributed by atoms with E-state index in [4.69, 9.17) is 11.5 Å². The van der Waals surface area contributed by atoms with Crippen LogP contribution in [0, 0.1) is 11.3 Å². The molecular weight excluding hydrogens is 276 g/mol. The van der Waals surface area contributed by atoms with E-state index in [-0.39, 0.29) is 28.8 Å². The summed E-state index contributed by atoms with van der Waals surface area (Å²) in [5.41, 5.74) is 11.7. The summed E-state index contributed by atoms with van der Waals surface area (Å²) in [7, 11) is 0. The van der Waals surface area contributed by atoms with E-state index in [0.717, 1.165) is 17.8 Å². The van der Waals surface area contributed by atoms with Gasteiger partial charge >= 0.3 is 0 Å². The number of aliphatic hydroxyl groups excluding tert-OH is 1. The first-order valence-corrected chi connectivity index (χ1v) is 7.43. The Balaban J connectivity index is 2.05. The van der Waals surface area contributed by atoms with E-state index in [1.807, 2.05) is 0 Å². The molecule has 1 amide bonds. The first kappa shape index (κ1) is 13.2. The van der Waals surface area contributed by atoms with Gasteiger partial charge in [0, 0.05) is 12.1 Å². The Labute approximate surface area is 120 Å². The number of piperidine rings is 1. The Morgan fingerprint density at radius 3 is 2.50 bits per heavy atom. The van der Waals surface area contributed by atoms with E-state index in [1.54, 1.807) is 0 Å². The van der Waals surface area contributed by atoms with Crippen molar-refractivity contribution in [2.45, 2.75) is 43.9 Å². The first-order valence-electron chi connectivity index (χ1n) is 6.61. The minimum atomic E-state index is -0.598. The van der Waals surface area contributed by atoms with Crippen molar-refractivity contribution in [3.05, 3.63) is 10.4 Å². The van der Waals surface area contributed by atoms with Crippen molar-refractivity contribution in [3.63, 3.8) is 0 Å². The predicted molar refractivity (Wildman–Crippen MR) is 76.5 cm³/mol. The number of carbonyl (C=O) groups is 1. The van der Waals surface area contributed by atoms with Crippen LogP contribution in [0.4, 0.5) is 10.7 Å². The van der Waals surface area contributed by atoms with Crippen LogP contribution in [0.5, 0.6) is 0 Å². The van der Waals surface area contributed by atoms with Gasteiger partial charge < -0.3 is 21.5 Å². The van der Waals surface area contributed by atoms with Crippen LogP contribution in [0.15, 0.2) is 0 Å². The standard InChI is InChI=1S/C13H16N4O2S/c14-5-9-10(15)11(12(16)19)20-13(9)17-6-1-2-7(17)4-8(18)3-6/h6-8,18H,1-4,15H2,(H2,16,19). The summed E-state index contributed by atoms with van der Waals surface area (Å²) < 4.78 is 0. The molecule has 2 unspecified atom stereocenters. The smallest absolute Gasteiger partial charge is 0.261 e. The number of hydrogen-bond acceptors (Lipinski definition) is 6. The molecule has 7 heteroatoms. The zero-order valence-corrected chi connectivity index (χ0v) is 11.7. The molecule has 2 atom stereocenters. The molecule has 0 aromatic carbocycles. The maximum Gasteiger partial charge on any atom is 0.261 e. The first-order chi connectivity index (χ1) is 9.52. The van der Waals surface area contributed by atoms with E-state index >= 15 is 0 Å². The molecule has 3 rings (SSSR count). The molecule has 2 aliphatic heterocycles. The lowest BCUT2D eigenvalue weighted by Crippen LogP contribution is -2.44. The largest absolute Gasteiger partial charge is 0.396 e. The summed E-state index contributed by atoms with van der Waals surface area (Å²) in [4.78, 5) is 13.8. The highest BCUT2D eigenvalue weighted by molar-refractivity contribution is 7.19. The number of nitrogens with two attached hydrogens (primary N) is 2. The number of thiophene rings is 1. The molecule has 0 saturated carbocycles. The van der Waals surface area contributed by atoms with Crippen LogP contribution in [-0.2, 0) is 0 Å². The van der Waals surface area contributed by atoms with Crippen molar-refractivity contribution in [2.24, 2.45) is 5.73 Å². The van der Waals surface area contributed by atoms with Gasteiger partial charge in [0.05, 0.1) is 11.8 Å². The number of fused-ring (bicyclic) bond motifs is 2. The maximum absolute atomic E-state index is 11.4. The van der Waals surface area contributed by atoms with Crippen molar-refractivity contribution in [2.75, 3.05) is 10.6 Å². The molecule has 106 valence electrons. The molecule has 2 saturated heterocycles. The summed E-state index contributed by atoms with van der Waals surface area (Å²) in [6.45, 7) is 0. The Morgan fingerprint density at radius 1 is 1.40 bits per heavy atom. The van der Waals surface area contributed by atoms with Crippen molar-refractivity contribution >= 4 is 27.9 Å². The number of rotatable bonds is 2. The second-order valence-corrected chi connectivity index (χ2v) is 6.42. The molecule has 0 radical (unpaired) electrons. The third kappa shape index (κ3) is 1.84. The van der Waals surface area contributed by atoms with Crippen LogP contribution in [-0.4, -0.2) is 29.2 Å². The number of nitriles is 1.